The molecular formula is C20H18Cl3N3O2. The summed E-state index contributed by atoms with van der Waals surface area (Å²) in [5, 5.41) is 8.47. The van der Waals surface area contributed by atoms with Crippen molar-refractivity contribution in [3.8, 4) is 5.75 Å². The summed E-state index contributed by atoms with van der Waals surface area (Å²) in [4.78, 5) is 12.5. The fraction of sp³-hybridized carbons (Fsp3) is 0.200. The van der Waals surface area contributed by atoms with Crippen molar-refractivity contribution >= 4 is 40.7 Å². The monoisotopic (exact) mass is 437 g/mol. The van der Waals surface area contributed by atoms with Gasteiger partial charge in [0.1, 0.15) is 23.1 Å². The van der Waals surface area contributed by atoms with Crippen molar-refractivity contribution < 1.29 is 9.53 Å². The zero-order valence-electron chi connectivity index (χ0n) is 15.1. The van der Waals surface area contributed by atoms with Gasteiger partial charge in [-0.3, -0.25) is 9.48 Å². The normalized spacial score (nSPS) is 10.7. The topological polar surface area (TPSA) is 56.2 Å². The van der Waals surface area contributed by atoms with Gasteiger partial charge in [-0.15, -0.1) is 0 Å². The first-order valence-electron chi connectivity index (χ1n) is 8.63. The van der Waals surface area contributed by atoms with E-state index >= 15 is 0 Å². The largest absolute Gasteiger partial charge is 0.487 e. The molecule has 2 aromatic carbocycles. The molecule has 1 aromatic heterocycles. The van der Waals surface area contributed by atoms with Gasteiger partial charge in [-0.05, 0) is 36.8 Å². The molecule has 1 heterocycles. The lowest BCUT2D eigenvalue weighted by Crippen LogP contribution is -2.23. The summed E-state index contributed by atoms with van der Waals surface area (Å²) in [5.41, 5.74) is 1.98. The van der Waals surface area contributed by atoms with Crippen molar-refractivity contribution in [3.05, 3.63) is 80.6 Å². The number of aromatic nitrogens is 2. The Hall–Kier alpha value is -2.21. The summed E-state index contributed by atoms with van der Waals surface area (Å²) in [5.74, 6) is 0.273. The number of nitrogens with zero attached hydrogens (tertiary/aromatic N) is 2. The van der Waals surface area contributed by atoms with Gasteiger partial charge in [-0.1, -0.05) is 53.0 Å². The second-order valence-electron chi connectivity index (χ2n) is 6.00. The van der Waals surface area contributed by atoms with Gasteiger partial charge in [0.15, 0.2) is 0 Å². The second kappa shape index (κ2) is 9.32. The van der Waals surface area contributed by atoms with Crippen molar-refractivity contribution in [1.29, 1.82) is 0 Å². The quantitative estimate of drug-likeness (QED) is 0.539. The zero-order chi connectivity index (χ0) is 20.1. The van der Waals surface area contributed by atoms with E-state index in [1.54, 1.807) is 47.3 Å². The van der Waals surface area contributed by atoms with Crippen LogP contribution in [-0.4, -0.2) is 15.7 Å². The van der Waals surface area contributed by atoms with Crippen LogP contribution in [0.4, 0.5) is 0 Å². The highest BCUT2D eigenvalue weighted by Crippen LogP contribution is 2.31. The van der Waals surface area contributed by atoms with Crippen LogP contribution in [0.15, 0.2) is 48.7 Å². The lowest BCUT2D eigenvalue weighted by Gasteiger charge is -2.10. The third kappa shape index (κ3) is 4.98. The summed E-state index contributed by atoms with van der Waals surface area (Å²) in [6.07, 6.45) is 1.74. The van der Waals surface area contributed by atoms with Gasteiger partial charge in [-0.2, -0.15) is 5.10 Å². The fourth-order valence-electron chi connectivity index (χ4n) is 2.54. The second-order valence-corrected chi connectivity index (χ2v) is 7.20. The number of halogens is 3. The number of benzene rings is 2. The molecule has 3 rings (SSSR count). The number of rotatable bonds is 7. The Bertz CT molecular complexity index is 989. The molecule has 5 nitrogen and oxygen atoms in total. The summed E-state index contributed by atoms with van der Waals surface area (Å²) in [6, 6.07) is 12.4. The number of hydrogen-bond donors (Lipinski definition) is 1. The van der Waals surface area contributed by atoms with Crippen molar-refractivity contribution in [3.63, 3.8) is 0 Å². The van der Waals surface area contributed by atoms with E-state index in [0.29, 0.717) is 38.6 Å². The Balaban J connectivity index is 1.62. The lowest BCUT2D eigenvalue weighted by molar-refractivity contribution is 0.0950. The first kappa shape index (κ1) is 20.5. The molecule has 8 heteroatoms. The van der Waals surface area contributed by atoms with Gasteiger partial charge >= 0.3 is 0 Å². The summed E-state index contributed by atoms with van der Waals surface area (Å²) < 4.78 is 7.45. The molecule has 1 amide bonds. The highest BCUT2D eigenvalue weighted by Gasteiger charge is 2.11. The number of nitrogens with one attached hydrogen (secondary N) is 1. The van der Waals surface area contributed by atoms with Crippen molar-refractivity contribution in [1.82, 2.24) is 15.1 Å². The predicted molar refractivity (Wildman–Crippen MR) is 111 cm³/mol. The van der Waals surface area contributed by atoms with E-state index in [0.717, 1.165) is 5.56 Å². The van der Waals surface area contributed by atoms with Crippen LogP contribution >= 0.6 is 34.8 Å². The van der Waals surface area contributed by atoms with Crippen molar-refractivity contribution in [2.45, 2.75) is 26.6 Å². The minimum Gasteiger partial charge on any atom is -0.487 e. The van der Waals surface area contributed by atoms with Crippen LogP contribution < -0.4 is 10.1 Å². The van der Waals surface area contributed by atoms with E-state index in [2.05, 4.69) is 10.4 Å². The van der Waals surface area contributed by atoms with Crippen LogP contribution in [-0.2, 0) is 19.7 Å². The van der Waals surface area contributed by atoms with Crippen molar-refractivity contribution in [2.24, 2.45) is 0 Å². The van der Waals surface area contributed by atoms with E-state index in [-0.39, 0.29) is 19.1 Å². The molecule has 0 saturated heterocycles. The third-order valence-corrected chi connectivity index (χ3v) is 5.14. The molecule has 0 spiro atoms. The number of aryl methyl sites for hydroxylation is 1. The molecule has 146 valence electrons. The third-order valence-electron chi connectivity index (χ3n) is 4.03. The molecule has 0 aliphatic rings. The smallest absolute Gasteiger partial charge is 0.251 e. The fourth-order valence-corrected chi connectivity index (χ4v) is 3.11. The molecule has 0 bridgehead atoms. The summed E-state index contributed by atoms with van der Waals surface area (Å²) in [7, 11) is 0. The van der Waals surface area contributed by atoms with Crippen molar-refractivity contribution in [2.75, 3.05) is 0 Å². The van der Waals surface area contributed by atoms with Gasteiger partial charge in [0.25, 0.3) is 5.91 Å². The molecular weight excluding hydrogens is 421 g/mol. The van der Waals surface area contributed by atoms with Crippen LogP contribution in [0.1, 0.15) is 28.5 Å². The van der Waals surface area contributed by atoms with Gasteiger partial charge in [-0.25, -0.2) is 0 Å². The molecule has 1 N–H and O–H groups in total. The highest BCUT2D eigenvalue weighted by molar-refractivity contribution is 6.42. The maximum absolute atomic E-state index is 12.5. The average molecular weight is 439 g/mol. The molecule has 0 aliphatic heterocycles. The standard InChI is InChI=1S/C20H18Cl3N3O2/c1-2-26-11-16(22)17(25-26)10-24-20(27)14-6-3-5-13(9-14)12-28-18-8-4-7-15(21)19(18)23/h3-9,11H,2,10,12H2,1H3,(H,24,27). The number of carbonyl (C=O) groups excluding carboxylic acids is 1. The SMILES string of the molecule is CCn1cc(Cl)c(CNC(=O)c2cccc(COc3cccc(Cl)c3Cl)c2)n1. The van der Waals surface area contributed by atoms with Crippen LogP contribution in [0.2, 0.25) is 15.1 Å². The molecule has 0 unspecified atom stereocenters. The Morgan fingerprint density at radius 1 is 1.14 bits per heavy atom. The van der Waals surface area contributed by atoms with E-state index in [9.17, 15) is 4.79 Å². The van der Waals surface area contributed by atoms with E-state index < -0.39 is 0 Å². The van der Waals surface area contributed by atoms with E-state index in [1.807, 2.05) is 13.0 Å². The number of amides is 1. The minimum absolute atomic E-state index is 0.218. The van der Waals surface area contributed by atoms with Gasteiger partial charge < -0.3 is 10.1 Å². The van der Waals surface area contributed by atoms with Gasteiger partial charge in [0, 0.05) is 18.3 Å². The average Bonchev–Trinajstić information content (AvgIpc) is 3.07. The summed E-state index contributed by atoms with van der Waals surface area (Å²) in [6.45, 7) is 3.19. The maximum Gasteiger partial charge on any atom is 0.251 e. The molecule has 0 saturated carbocycles. The minimum atomic E-state index is -0.218. The predicted octanol–water partition coefficient (Wildman–Crippen LogP) is 5.37. The number of hydrogen-bond acceptors (Lipinski definition) is 3. The Labute approximate surface area is 178 Å². The number of carbonyl (C=O) groups is 1. The molecule has 28 heavy (non-hydrogen) atoms. The Morgan fingerprint density at radius 3 is 2.68 bits per heavy atom. The molecule has 0 atom stereocenters. The molecule has 0 aliphatic carbocycles. The molecule has 0 fully saturated rings. The van der Waals surface area contributed by atoms with Crippen LogP contribution in [0.25, 0.3) is 0 Å². The van der Waals surface area contributed by atoms with E-state index in [1.165, 1.54) is 0 Å². The van der Waals surface area contributed by atoms with E-state index in [4.69, 9.17) is 39.5 Å². The molecule has 0 radical (unpaired) electrons. The highest BCUT2D eigenvalue weighted by atomic mass is 35.5. The maximum atomic E-state index is 12.5. The first-order chi connectivity index (χ1) is 13.5. The van der Waals surface area contributed by atoms with Crippen LogP contribution in [0.3, 0.4) is 0 Å². The lowest BCUT2D eigenvalue weighted by atomic mass is 10.1. The van der Waals surface area contributed by atoms with Crippen LogP contribution in [0.5, 0.6) is 5.75 Å². The summed E-state index contributed by atoms with van der Waals surface area (Å²) >= 11 is 18.2. The van der Waals surface area contributed by atoms with Gasteiger partial charge in [0.2, 0.25) is 0 Å². The molecule has 3 aromatic rings. The Kier molecular flexibility index (Phi) is 6.83. The Morgan fingerprint density at radius 2 is 1.93 bits per heavy atom. The first-order valence-corrected chi connectivity index (χ1v) is 9.77. The zero-order valence-corrected chi connectivity index (χ0v) is 17.4. The van der Waals surface area contributed by atoms with Gasteiger partial charge in [0.05, 0.1) is 16.6 Å². The van der Waals surface area contributed by atoms with Crippen LogP contribution in [0, 0.1) is 0 Å². The number of ether oxygens (including phenoxy) is 1.